The standard InChI is InChI=1S/C13H26N2O3/c1-4-5-6-14-13(18)15-9-11(7-10(2)3)8-12(16)17/h10-11H,4-9H2,1-3H3,(H,16,17)(H2,14,15,18). The minimum atomic E-state index is -0.811. The van der Waals surface area contributed by atoms with Crippen molar-refractivity contribution in [3.05, 3.63) is 0 Å². The van der Waals surface area contributed by atoms with Crippen molar-refractivity contribution < 1.29 is 14.7 Å². The van der Waals surface area contributed by atoms with Crippen molar-refractivity contribution in [1.82, 2.24) is 10.6 Å². The van der Waals surface area contributed by atoms with Gasteiger partial charge in [-0.25, -0.2) is 4.79 Å². The van der Waals surface area contributed by atoms with Gasteiger partial charge in [0.1, 0.15) is 0 Å². The van der Waals surface area contributed by atoms with Crippen molar-refractivity contribution in [3.63, 3.8) is 0 Å². The van der Waals surface area contributed by atoms with Gasteiger partial charge in [0.2, 0.25) is 0 Å². The summed E-state index contributed by atoms with van der Waals surface area (Å²) in [7, 11) is 0. The van der Waals surface area contributed by atoms with Gasteiger partial charge in [0.05, 0.1) is 0 Å². The van der Waals surface area contributed by atoms with Crippen LogP contribution in [0.2, 0.25) is 0 Å². The van der Waals surface area contributed by atoms with E-state index >= 15 is 0 Å². The molecule has 0 aliphatic rings. The second kappa shape index (κ2) is 9.74. The Morgan fingerprint density at radius 2 is 1.89 bits per heavy atom. The van der Waals surface area contributed by atoms with E-state index in [9.17, 15) is 9.59 Å². The fourth-order valence-electron chi connectivity index (χ4n) is 1.83. The number of unbranched alkanes of at least 4 members (excludes halogenated alkanes) is 1. The van der Waals surface area contributed by atoms with Gasteiger partial charge in [-0.15, -0.1) is 0 Å². The topological polar surface area (TPSA) is 78.4 Å². The first-order chi connectivity index (χ1) is 8.45. The van der Waals surface area contributed by atoms with Crippen LogP contribution in [-0.2, 0) is 4.79 Å². The van der Waals surface area contributed by atoms with Crippen LogP contribution in [0.15, 0.2) is 0 Å². The van der Waals surface area contributed by atoms with Crippen LogP contribution in [0.4, 0.5) is 4.79 Å². The van der Waals surface area contributed by atoms with Crippen LogP contribution in [0.25, 0.3) is 0 Å². The number of carbonyl (C=O) groups is 2. The molecule has 0 bridgehead atoms. The first-order valence-electron chi connectivity index (χ1n) is 6.69. The lowest BCUT2D eigenvalue weighted by molar-refractivity contribution is -0.138. The van der Waals surface area contributed by atoms with E-state index in [1.165, 1.54) is 0 Å². The molecule has 1 atom stereocenters. The van der Waals surface area contributed by atoms with Gasteiger partial charge in [0.25, 0.3) is 0 Å². The predicted octanol–water partition coefficient (Wildman–Crippen LogP) is 2.22. The highest BCUT2D eigenvalue weighted by Gasteiger charge is 2.15. The van der Waals surface area contributed by atoms with Gasteiger partial charge in [-0.05, 0) is 24.7 Å². The zero-order valence-electron chi connectivity index (χ0n) is 11.7. The van der Waals surface area contributed by atoms with E-state index < -0.39 is 5.97 Å². The SMILES string of the molecule is CCCCNC(=O)NCC(CC(=O)O)CC(C)C. The fourth-order valence-corrected chi connectivity index (χ4v) is 1.83. The summed E-state index contributed by atoms with van der Waals surface area (Å²) in [4.78, 5) is 22.1. The molecule has 5 nitrogen and oxygen atoms in total. The van der Waals surface area contributed by atoms with E-state index in [4.69, 9.17) is 5.11 Å². The van der Waals surface area contributed by atoms with E-state index in [0.29, 0.717) is 19.0 Å². The molecule has 0 saturated heterocycles. The number of hydrogen-bond donors (Lipinski definition) is 3. The molecule has 18 heavy (non-hydrogen) atoms. The van der Waals surface area contributed by atoms with Gasteiger partial charge in [0.15, 0.2) is 0 Å². The normalized spacial score (nSPS) is 12.2. The molecule has 0 spiro atoms. The van der Waals surface area contributed by atoms with Crippen molar-refractivity contribution in [2.75, 3.05) is 13.1 Å². The van der Waals surface area contributed by atoms with E-state index in [1.54, 1.807) is 0 Å². The first kappa shape index (κ1) is 16.7. The molecule has 0 aromatic rings. The van der Waals surface area contributed by atoms with E-state index in [1.807, 2.05) is 0 Å². The summed E-state index contributed by atoms with van der Waals surface area (Å²) in [6.45, 7) is 7.25. The van der Waals surface area contributed by atoms with E-state index in [2.05, 4.69) is 31.4 Å². The molecule has 0 fully saturated rings. The Balaban J connectivity index is 3.93. The summed E-state index contributed by atoms with van der Waals surface area (Å²) in [5.41, 5.74) is 0. The number of amides is 2. The zero-order chi connectivity index (χ0) is 14.0. The number of carboxylic acid groups (broad SMARTS) is 1. The molecule has 0 aromatic carbocycles. The molecule has 0 aliphatic heterocycles. The van der Waals surface area contributed by atoms with Crippen LogP contribution in [0.5, 0.6) is 0 Å². The van der Waals surface area contributed by atoms with Gasteiger partial charge in [-0.1, -0.05) is 27.2 Å². The molecule has 5 heteroatoms. The molecule has 0 radical (unpaired) electrons. The highest BCUT2D eigenvalue weighted by Crippen LogP contribution is 2.14. The van der Waals surface area contributed by atoms with Gasteiger partial charge in [-0.3, -0.25) is 4.79 Å². The lowest BCUT2D eigenvalue weighted by Crippen LogP contribution is -2.39. The predicted molar refractivity (Wildman–Crippen MR) is 71.5 cm³/mol. The Morgan fingerprint density at radius 1 is 1.22 bits per heavy atom. The molecular weight excluding hydrogens is 232 g/mol. The first-order valence-corrected chi connectivity index (χ1v) is 6.69. The molecular formula is C13H26N2O3. The molecule has 0 aliphatic carbocycles. The number of aliphatic carboxylic acids is 1. The van der Waals surface area contributed by atoms with Crippen LogP contribution in [0.3, 0.4) is 0 Å². The van der Waals surface area contributed by atoms with Crippen molar-refractivity contribution >= 4 is 12.0 Å². The number of urea groups is 1. The maximum absolute atomic E-state index is 11.4. The fraction of sp³-hybridized carbons (Fsp3) is 0.846. The lowest BCUT2D eigenvalue weighted by atomic mass is 9.94. The van der Waals surface area contributed by atoms with Crippen LogP contribution >= 0.6 is 0 Å². The summed E-state index contributed by atoms with van der Waals surface area (Å²) in [6, 6.07) is -0.206. The average Bonchev–Trinajstić information content (AvgIpc) is 2.25. The van der Waals surface area contributed by atoms with Crippen LogP contribution in [0.1, 0.15) is 46.5 Å². The highest BCUT2D eigenvalue weighted by molar-refractivity contribution is 5.74. The largest absolute Gasteiger partial charge is 0.481 e. The molecule has 0 rings (SSSR count). The summed E-state index contributed by atoms with van der Waals surface area (Å²) in [5.74, 6) is -0.382. The third-order valence-corrected chi connectivity index (χ3v) is 2.64. The molecule has 1 unspecified atom stereocenters. The average molecular weight is 258 g/mol. The Morgan fingerprint density at radius 3 is 2.39 bits per heavy atom. The van der Waals surface area contributed by atoms with Crippen molar-refractivity contribution in [2.24, 2.45) is 11.8 Å². The molecule has 2 amide bonds. The lowest BCUT2D eigenvalue weighted by Gasteiger charge is -2.18. The number of hydrogen-bond acceptors (Lipinski definition) is 2. The molecule has 0 aromatic heterocycles. The monoisotopic (exact) mass is 258 g/mol. The summed E-state index contributed by atoms with van der Waals surface area (Å²) in [6.07, 6.45) is 2.90. The van der Waals surface area contributed by atoms with Crippen LogP contribution in [0, 0.1) is 11.8 Å². The Bertz CT molecular complexity index is 255. The Labute approximate surface area is 109 Å². The van der Waals surface area contributed by atoms with Crippen molar-refractivity contribution in [2.45, 2.75) is 46.5 Å². The quantitative estimate of drug-likeness (QED) is 0.555. The Kier molecular flexibility index (Phi) is 9.06. The van der Waals surface area contributed by atoms with Gasteiger partial charge in [-0.2, -0.15) is 0 Å². The van der Waals surface area contributed by atoms with E-state index in [0.717, 1.165) is 19.3 Å². The smallest absolute Gasteiger partial charge is 0.314 e. The van der Waals surface area contributed by atoms with Gasteiger partial charge >= 0.3 is 12.0 Å². The van der Waals surface area contributed by atoms with Gasteiger partial charge < -0.3 is 15.7 Å². The van der Waals surface area contributed by atoms with Crippen molar-refractivity contribution in [1.29, 1.82) is 0 Å². The third-order valence-electron chi connectivity index (χ3n) is 2.64. The van der Waals surface area contributed by atoms with Gasteiger partial charge in [0, 0.05) is 19.5 Å². The van der Waals surface area contributed by atoms with E-state index in [-0.39, 0.29) is 18.4 Å². The molecule has 3 N–H and O–H groups in total. The minimum Gasteiger partial charge on any atom is -0.481 e. The van der Waals surface area contributed by atoms with Crippen molar-refractivity contribution in [3.8, 4) is 0 Å². The second-order valence-corrected chi connectivity index (χ2v) is 5.08. The number of nitrogens with one attached hydrogen (secondary N) is 2. The maximum Gasteiger partial charge on any atom is 0.314 e. The zero-order valence-corrected chi connectivity index (χ0v) is 11.7. The highest BCUT2D eigenvalue weighted by atomic mass is 16.4. The minimum absolute atomic E-state index is 0.000532. The second-order valence-electron chi connectivity index (χ2n) is 5.08. The summed E-state index contributed by atoms with van der Waals surface area (Å²) in [5, 5.41) is 14.3. The van der Waals surface area contributed by atoms with Crippen LogP contribution in [-0.4, -0.2) is 30.2 Å². The molecule has 106 valence electrons. The summed E-state index contributed by atoms with van der Waals surface area (Å²) >= 11 is 0. The van der Waals surface area contributed by atoms with Crippen LogP contribution < -0.4 is 10.6 Å². The number of carbonyl (C=O) groups excluding carboxylic acids is 1. The third kappa shape index (κ3) is 9.93. The maximum atomic E-state index is 11.4. The number of rotatable bonds is 9. The molecule has 0 saturated carbocycles. The summed E-state index contributed by atoms with van der Waals surface area (Å²) < 4.78 is 0. The Hall–Kier alpha value is -1.26. The molecule has 0 heterocycles. The number of carboxylic acids is 1.